The lowest BCUT2D eigenvalue weighted by Gasteiger charge is -2.13. The van der Waals surface area contributed by atoms with Crippen LogP contribution in [0.2, 0.25) is 0 Å². The first-order valence-electron chi connectivity index (χ1n) is 8.20. The van der Waals surface area contributed by atoms with E-state index in [1.807, 2.05) is 12.1 Å². The van der Waals surface area contributed by atoms with Crippen molar-refractivity contribution in [3.8, 4) is 0 Å². The standard InChI is InChI=1S/C17H29N3O3S/c1-5-6-10-23-11-9-19-17(18-3)20-13-15-7-8-16(14(2)12-15)24(4,21)22/h7-8,12H,5-6,9-11,13H2,1-4H3,(H2,18,19,20). The number of hydrogen-bond donors (Lipinski definition) is 2. The van der Waals surface area contributed by atoms with Gasteiger partial charge in [-0.25, -0.2) is 8.42 Å². The van der Waals surface area contributed by atoms with E-state index in [2.05, 4.69) is 22.5 Å². The second-order valence-corrected chi connectivity index (χ2v) is 7.67. The van der Waals surface area contributed by atoms with Gasteiger partial charge in [0.05, 0.1) is 11.5 Å². The van der Waals surface area contributed by atoms with Crippen LogP contribution in [0.3, 0.4) is 0 Å². The number of sulfone groups is 1. The van der Waals surface area contributed by atoms with Crippen LogP contribution in [0.15, 0.2) is 28.1 Å². The summed E-state index contributed by atoms with van der Waals surface area (Å²) >= 11 is 0. The molecule has 0 amide bonds. The molecule has 0 radical (unpaired) electrons. The maximum absolute atomic E-state index is 11.6. The summed E-state index contributed by atoms with van der Waals surface area (Å²) in [5, 5.41) is 6.39. The molecule has 6 nitrogen and oxygen atoms in total. The molecule has 0 aliphatic rings. The summed E-state index contributed by atoms with van der Waals surface area (Å²) in [6, 6.07) is 5.35. The normalized spacial score (nSPS) is 12.2. The number of unbranched alkanes of at least 4 members (excludes halogenated alkanes) is 1. The van der Waals surface area contributed by atoms with Gasteiger partial charge in [-0.3, -0.25) is 4.99 Å². The molecule has 0 spiro atoms. The first-order valence-corrected chi connectivity index (χ1v) is 10.1. The zero-order chi connectivity index (χ0) is 18.0. The SMILES string of the molecule is CCCCOCCNC(=NC)NCc1ccc(S(C)(=O)=O)c(C)c1. The molecule has 2 N–H and O–H groups in total. The van der Waals surface area contributed by atoms with Crippen LogP contribution in [0, 0.1) is 6.92 Å². The largest absolute Gasteiger partial charge is 0.380 e. The Bertz CT molecular complexity index is 642. The highest BCUT2D eigenvalue weighted by Gasteiger charge is 2.10. The Morgan fingerprint density at radius 2 is 2.00 bits per heavy atom. The number of nitrogens with one attached hydrogen (secondary N) is 2. The number of ether oxygens (including phenoxy) is 1. The quantitative estimate of drug-likeness (QED) is 0.402. The molecule has 136 valence electrons. The van der Waals surface area contributed by atoms with Crippen LogP contribution >= 0.6 is 0 Å². The lowest BCUT2D eigenvalue weighted by atomic mass is 10.1. The van der Waals surface area contributed by atoms with Gasteiger partial charge in [-0.15, -0.1) is 0 Å². The van der Waals surface area contributed by atoms with Crippen molar-refractivity contribution in [1.82, 2.24) is 10.6 Å². The Morgan fingerprint density at radius 1 is 1.25 bits per heavy atom. The molecule has 1 aromatic carbocycles. The van der Waals surface area contributed by atoms with Gasteiger partial charge in [0.1, 0.15) is 0 Å². The molecule has 24 heavy (non-hydrogen) atoms. The van der Waals surface area contributed by atoms with E-state index >= 15 is 0 Å². The minimum absolute atomic E-state index is 0.373. The van der Waals surface area contributed by atoms with Crippen molar-refractivity contribution in [3.05, 3.63) is 29.3 Å². The minimum atomic E-state index is -3.18. The van der Waals surface area contributed by atoms with Gasteiger partial charge in [0.25, 0.3) is 0 Å². The van der Waals surface area contributed by atoms with E-state index in [1.54, 1.807) is 20.0 Å². The monoisotopic (exact) mass is 355 g/mol. The zero-order valence-corrected chi connectivity index (χ0v) is 15.9. The number of hydrogen-bond acceptors (Lipinski definition) is 4. The highest BCUT2D eigenvalue weighted by molar-refractivity contribution is 7.90. The van der Waals surface area contributed by atoms with Gasteiger partial charge in [0, 0.05) is 33.0 Å². The molecule has 0 aliphatic heterocycles. The predicted octanol–water partition coefficient (Wildman–Crippen LogP) is 1.88. The second-order valence-electron chi connectivity index (χ2n) is 5.69. The van der Waals surface area contributed by atoms with E-state index in [1.165, 1.54) is 6.26 Å². The molecule has 0 atom stereocenters. The molecule has 0 bridgehead atoms. The van der Waals surface area contributed by atoms with E-state index < -0.39 is 9.84 Å². The Kier molecular flexibility index (Phi) is 8.78. The summed E-state index contributed by atoms with van der Waals surface area (Å²) in [5.41, 5.74) is 1.76. The average molecular weight is 356 g/mol. The van der Waals surface area contributed by atoms with Crippen molar-refractivity contribution in [1.29, 1.82) is 0 Å². The summed E-state index contributed by atoms with van der Waals surface area (Å²) in [5.74, 6) is 0.693. The number of nitrogens with zero attached hydrogens (tertiary/aromatic N) is 1. The number of guanidine groups is 1. The van der Waals surface area contributed by atoms with E-state index in [4.69, 9.17) is 4.74 Å². The molecule has 0 aromatic heterocycles. The first kappa shape index (κ1) is 20.4. The topological polar surface area (TPSA) is 79.8 Å². The van der Waals surface area contributed by atoms with Crippen LogP contribution in [0.25, 0.3) is 0 Å². The maximum atomic E-state index is 11.6. The van der Waals surface area contributed by atoms with Gasteiger partial charge in [-0.05, 0) is 30.5 Å². The van der Waals surface area contributed by atoms with Crippen molar-refractivity contribution in [2.75, 3.05) is 33.1 Å². The van der Waals surface area contributed by atoms with Crippen molar-refractivity contribution in [3.63, 3.8) is 0 Å². The summed E-state index contributed by atoms with van der Waals surface area (Å²) in [4.78, 5) is 4.53. The molecule has 7 heteroatoms. The Labute approximate surface area is 145 Å². The molecule has 0 saturated carbocycles. The molecule has 0 aliphatic carbocycles. The van der Waals surface area contributed by atoms with Crippen LogP contribution < -0.4 is 10.6 Å². The summed E-state index contributed by atoms with van der Waals surface area (Å²) in [7, 11) is -1.46. The second kappa shape index (κ2) is 10.3. The fraction of sp³-hybridized carbons (Fsp3) is 0.588. The third-order valence-electron chi connectivity index (χ3n) is 3.50. The van der Waals surface area contributed by atoms with Crippen molar-refractivity contribution >= 4 is 15.8 Å². The predicted molar refractivity (Wildman–Crippen MR) is 98.2 cm³/mol. The van der Waals surface area contributed by atoms with Crippen LogP contribution in [-0.2, 0) is 21.1 Å². The molecular weight excluding hydrogens is 326 g/mol. The van der Waals surface area contributed by atoms with E-state index in [0.717, 1.165) is 30.6 Å². The van der Waals surface area contributed by atoms with Gasteiger partial charge in [0.2, 0.25) is 0 Å². The van der Waals surface area contributed by atoms with E-state index in [0.29, 0.717) is 30.6 Å². The molecule has 0 unspecified atom stereocenters. The number of aryl methyl sites for hydroxylation is 1. The van der Waals surface area contributed by atoms with Gasteiger partial charge in [0.15, 0.2) is 15.8 Å². The summed E-state index contributed by atoms with van der Waals surface area (Å²) in [6.45, 7) is 6.63. The van der Waals surface area contributed by atoms with Crippen LogP contribution in [0.4, 0.5) is 0 Å². The average Bonchev–Trinajstić information content (AvgIpc) is 2.52. The van der Waals surface area contributed by atoms with Crippen molar-refractivity contribution in [2.45, 2.75) is 38.1 Å². The lowest BCUT2D eigenvalue weighted by Crippen LogP contribution is -2.38. The third-order valence-corrected chi connectivity index (χ3v) is 4.76. The van der Waals surface area contributed by atoms with E-state index in [9.17, 15) is 8.42 Å². The first-order chi connectivity index (χ1) is 11.4. The molecule has 0 fully saturated rings. The zero-order valence-electron chi connectivity index (χ0n) is 15.1. The Morgan fingerprint density at radius 3 is 2.58 bits per heavy atom. The molecule has 0 heterocycles. The molecule has 1 rings (SSSR count). The lowest BCUT2D eigenvalue weighted by molar-refractivity contribution is 0.136. The number of aliphatic imine (C=N–C) groups is 1. The van der Waals surface area contributed by atoms with Crippen molar-refractivity contribution in [2.24, 2.45) is 4.99 Å². The number of rotatable bonds is 9. The smallest absolute Gasteiger partial charge is 0.191 e. The van der Waals surface area contributed by atoms with E-state index in [-0.39, 0.29) is 0 Å². The highest BCUT2D eigenvalue weighted by atomic mass is 32.2. The number of benzene rings is 1. The minimum Gasteiger partial charge on any atom is -0.380 e. The van der Waals surface area contributed by atoms with Gasteiger partial charge in [-0.2, -0.15) is 0 Å². The van der Waals surface area contributed by atoms with Gasteiger partial charge >= 0.3 is 0 Å². The summed E-state index contributed by atoms with van der Waals surface area (Å²) in [6.07, 6.45) is 3.44. The van der Waals surface area contributed by atoms with Crippen LogP contribution in [0.5, 0.6) is 0 Å². The van der Waals surface area contributed by atoms with Gasteiger partial charge in [-0.1, -0.05) is 25.5 Å². The van der Waals surface area contributed by atoms with Crippen LogP contribution in [-0.4, -0.2) is 47.4 Å². The van der Waals surface area contributed by atoms with Crippen molar-refractivity contribution < 1.29 is 13.2 Å². The fourth-order valence-electron chi connectivity index (χ4n) is 2.23. The molecular formula is C17H29N3O3S. The third kappa shape index (κ3) is 7.31. The Balaban J connectivity index is 2.45. The summed E-state index contributed by atoms with van der Waals surface area (Å²) < 4.78 is 28.8. The molecule has 0 saturated heterocycles. The fourth-order valence-corrected chi connectivity index (χ4v) is 3.19. The Hall–Kier alpha value is -1.60. The van der Waals surface area contributed by atoms with Gasteiger partial charge < -0.3 is 15.4 Å². The maximum Gasteiger partial charge on any atom is 0.191 e. The highest BCUT2D eigenvalue weighted by Crippen LogP contribution is 2.16. The molecule has 1 aromatic rings. The van der Waals surface area contributed by atoms with Crippen LogP contribution in [0.1, 0.15) is 30.9 Å².